The monoisotopic (exact) mass is 412 g/mol. The van der Waals surface area contributed by atoms with Crippen molar-refractivity contribution in [2.24, 2.45) is 17.8 Å². The minimum Gasteiger partial charge on any atom is -0.200 e. The molecule has 0 atom stereocenters. The molecule has 4 heteroatoms. The number of alkyl halides is 4. The van der Waals surface area contributed by atoms with Crippen molar-refractivity contribution in [3.05, 3.63) is 35.4 Å². The normalized spacial score (nSPS) is 29.0. The van der Waals surface area contributed by atoms with Crippen LogP contribution in [0.1, 0.15) is 102 Å². The summed E-state index contributed by atoms with van der Waals surface area (Å²) in [4.78, 5) is 0. The van der Waals surface area contributed by atoms with Crippen molar-refractivity contribution in [2.75, 3.05) is 0 Å². The molecule has 164 valence electrons. The van der Waals surface area contributed by atoms with Crippen LogP contribution in [0.3, 0.4) is 0 Å². The van der Waals surface area contributed by atoms with E-state index in [9.17, 15) is 17.6 Å². The van der Waals surface area contributed by atoms with E-state index in [1.165, 1.54) is 69.9 Å². The van der Waals surface area contributed by atoms with Gasteiger partial charge >= 0.3 is 11.8 Å². The SMILES string of the molecule is CCCC[C@H]1CC[C@H](C2CCC(c3ccc(C(F)(F)C(C)(F)F)cc3)CC2)CC1. The molecule has 2 aliphatic rings. The van der Waals surface area contributed by atoms with Crippen LogP contribution in [0.5, 0.6) is 0 Å². The maximum Gasteiger partial charge on any atom is 0.335 e. The second-order valence-electron chi connectivity index (χ2n) is 9.62. The van der Waals surface area contributed by atoms with E-state index in [0.29, 0.717) is 5.92 Å². The highest BCUT2D eigenvalue weighted by molar-refractivity contribution is 5.29. The molecular weight excluding hydrogens is 376 g/mol. The van der Waals surface area contributed by atoms with Gasteiger partial charge in [-0.2, -0.15) is 17.6 Å². The van der Waals surface area contributed by atoms with Crippen LogP contribution in [0.25, 0.3) is 0 Å². The fraction of sp³-hybridized carbons (Fsp3) is 0.760. The van der Waals surface area contributed by atoms with E-state index in [1.54, 1.807) is 12.1 Å². The lowest BCUT2D eigenvalue weighted by molar-refractivity contribution is -0.204. The lowest BCUT2D eigenvalue weighted by atomic mass is 9.68. The fourth-order valence-corrected chi connectivity index (χ4v) is 5.58. The third kappa shape index (κ3) is 5.35. The van der Waals surface area contributed by atoms with Crippen molar-refractivity contribution in [3.8, 4) is 0 Å². The van der Waals surface area contributed by atoms with Crippen LogP contribution in [0, 0.1) is 17.8 Å². The van der Waals surface area contributed by atoms with Gasteiger partial charge in [0.1, 0.15) is 0 Å². The first kappa shape index (κ1) is 22.6. The van der Waals surface area contributed by atoms with Gasteiger partial charge in [-0.05, 0) is 67.8 Å². The Labute approximate surface area is 173 Å². The Morgan fingerprint density at radius 1 is 0.793 bits per heavy atom. The van der Waals surface area contributed by atoms with Crippen LogP contribution in [-0.2, 0) is 5.92 Å². The topological polar surface area (TPSA) is 0 Å². The first-order valence-electron chi connectivity index (χ1n) is 11.6. The predicted molar refractivity (Wildman–Crippen MR) is 111 cm³/mol. The summed E-state index contributed by atoms with van der Waals surface area (Å²) in [6.45, 7) is 2.54. The summed E-state index contributed by atoms with van der Waals surface area (Å²) in [5.41, 5.74) is 0.424. The Morgan fingerprint density at radius 2 is 1.31 bits per heavy atom. The zero-order chi connectivity index (χ0) is 21.1. The van der Waals surface area contributed by atoms with Gasteiger partial charge in [0.15, 0.2) is 0 Å². The first-order chi connectivity index (χ1) is 13.7. The van der Waals surface area contributed by atoms with Crippen LogP contribution >= 0.6 is 0 Å². The molecule has 1 aromatic carbocycles. The largest absolute Gasteiger partial charge is 0.335 e. The average Bonchev–Trinajstić information content (AvgIpc) is 2.72. The Morgan fingerprint density at radius 3 is 1.79 bits per heavy atom. The highest BCUT2D eigenvalue weighted by Crippen LogP contribution is 2.46. The predicted octanol–water partition coefficient (Wildman–Crippen LogP) is 8.70. The number of rotatable bonds is 7. The molecule has 0 nitrogen and oxygen atoms in total. The van der Waals surface area contributed by atoms with Crippen molar-refractivity contribution in [2.45, 2.75) is 102 Å². The standard InChI is InChI=1S/C25H36F4/c1-3-4-5-18-6-8-19(9-7-18)20-10-12-21(13-11-20)22-14-16-23(17-15-22)25(28,29)24(2,26)27/h14-21H,3-13H2,1-2H3/t18-,19-,20?,21?. The molecule has 2 fully saturated rings. The molecular formula is C25H36F4. The molecule has 0 saturated heterocycles. The van der Waals surface area contributed by atoms with E-state index in [0.717, 1.165) is 36.2 Å². The zero-order valence-corrected chi connectivity index (χ0v) is 17.9. The second-order valence-corrected chi connectivity index (χ2v) is 9.62. The molecule has 3 rings (SSSR count). The van der Waals surface area contributed by atoms with Crippen molar-refractivity contribution in [3.63, 3.8) is 0 Å². The summed E-state index contributed by atoms with van der Waals surface area (Å²) < 4.78 is 54.1. The van der Waals surface area contributed by atoms with Crippen LogP contribution in [0.2, 0.25) is 0 Å². The molecule has 0 aliphatic heterocycles. The first-order valence-corrected chi connectivity index (χ1v) is 11.6. The van der Waals surface area contributed by atoms with E-state index in [-0.39, 0.29) is 6.92 Å². The quantitative estimate of drug-likeness (QED) is 0.393. The molecule has 0 spiro atoms. The third-order valence-electron chi connectivity index (χ3n) is 7.59. The average molecular weight is 413 g/mol. The molecule has 2 aliphatic carbocycles. The summed E-state index contributed by atoms with van der Waals surface area (Å²) in [5, 5.41) is 0. The lowest BCUT2D eigenvalue weighted by Gasteiger charge is -2.38. The minimum atomic E-state index is -4.13. The summed E-state index contributed by atoms with van der Waals surface area (Å²) in [6, 6.07) is 5.66. The molecule has 0 bridgehead atoms. The van der Waals surface area contributed by atoms with Gasteiger partial charge in [0.25, 0.3) is 0 Å². The highest BCUT2D eigenvalue weighted by Gasteiger charge is 2.53. The van der Waals surface area contributed by atoms with Gasteiger partial charge in [-0.25, -0.2) is 0 Å². The Balaban J connectivity index is 1.50. The summed E-state index contributed by atoms with van der Waals surface area (Å²) in [5.74, 6) is -5.20. The highest BCUT2D eigenvalue weighted by atomic mass is 19.3. The Hall–Kier alpha value is -1.06. The summed E-state index contributed by atoms with van der Waals surface area (Å²) >= 11 is 0. The van der Waals surface area contributed by atoms with Gasteiger partial charge < -0.3 is 0 Å². The number of unbranched alkanes of at least 4 members (excludes halogenated alkanes) is 1. The third-order valence-corrected chi connectivity index (χ3v) is 7.59. The molecule has 1 aromatic rings. The number of halogens is 4. The number of hydrogen-bond acceptors (Lipinski definition) is 0. The Bertz CT molecular complexity index is 615. The maximum absolute atomic E-state index is 13.8. The number of hydrogen-bond donors (Lipinski definition) is 0. The van der Waals surface area contributed by atoms with Gasteiger partial charge in [0.05, 0.1) is 0 Å². The molecule has 0 unspecified atom stereocenters. The van der Waals surface area contributed by atoms with Crippen molar-refractivity contribution in [1.82, 2.24) is 0 Å². The lowest BCUT2D eigenvalue weighted by Crippen LogP contribution is -2.34. The van der Waals surface area contributed by atoms with Gasteiger partial charge in [0, 0.05) is 12.5 Å². The fourth-order valence-electron chi connectivity index (χ4n) is 5.58. The molecule has 0 N–H and O–H groups in total. The summed E-state index contributed by atoms with van der Waals surface area (Å²) in [6.07, 6.45) is 14.2. The smallest absolute Gasteiger partial charge is 0.200 e. The van der Waals surface area contributed by atoms with E-state index in [4.69, 9.17) is 0 Å². The van der Waals surface area contributed by atoms with Crippen molar-refractivity contribution < 1.29 is 17.6 Å². The molecule has 2 saturated carbocycles. The zero-order valence-electron chi connectivity index (χ0n) is 17.9. The van der Waals surface area contributed by atoms with Crippen molar-refractivity contribution >= 4 is 0 Å². The molecule has 0 aromatic heterocycles. The van der Waals surface area contributed by atoms with Gasteiger partial charge in [-0.15, -0.1) is 0 Å². The van der Waals surface area contributed by atoms with Gasteiger partial charge in [-0.3, -0.25) is 0 Å². The van der Waals surface area contributed by atoms with Crippen molar-refractivity contribution in [1.29, 1.82) is 0 Å². The number of benzene rings is 1. The summed E-state index contributed by atoms with van der Waals surface area (Å²) in [7, 11) is 0. The second kappa shape index (κ2) is 9.39. The van der Waals surface area contributed by atoms with Crippen LogP contribution in [0.15, 0.2) is 24.3 Å². The van der Waals surface area contributed by atoms with E-state index < -0.39 is 17.4 Å². The molecule has 0 amide bonds. The Kier molecular flexibility index (Phi) is 7.32. The van der Waals surface area contributed by atoms with Crippen LogP contribution in [0.4, 0.5) is 17.6 Å². The van der Waals surface area contributed by atoms with E-state index in [2.05, 4.69) is 6.92 Å². The van der Waals surface area contributed by atoms with Crippen LogP contribution < -0.4 is 0 Å². The van der Waals surface area contributed by atoms with Crippen LogP contribution in [-0.4, -0.2) is 5.92 Å². The molecule has 29 heavy (non-hydrogen) atoms. The van der Waals surface area contributed by atoms with Gasteiger partial charge in [0.2, 0.25) is 0 Å². The maximum atomic E-state index is 13.8. The van der Waals surface area contributed by atoms with Gasteiger partial charge in [-0.1, -0.05) is 63.3 Å². The molecule has 0 radical (unpaired) electrons. The van der Waals surface area contributed by atoms with E-state index >= 15 is 0 Å². The van der Waals surface area contributed by atoms with E-state index in [1.807, 2.05) is 0 Å². The molecule has 0 heterocycles. The minimum absolute atomic E-state index is 0.277.